The number of carbonyl (C=O) groups is 1. The first-order chi connectivity index (χ1) is 15.2. The van der Waals surface area contributed by atoms with Crippen LogP contribution in [0.3, 0.4) is 0 Å². The highest BCUT2D eigenvalue weighted by Crippen LogP contribution is 2.17. The molecule has 0 unspecified atom stereocenters. The number of ether oxygens (including phenoxy) is 2. The average molecular weight is 418 g/mol. The van der Waals surface area contributed by atoms with Crippen LogP contribution in [-0.2, 0) is 6.42 Å². The zero-order valence-electron chi connectivity index (χ0n) is 17.6. The largest absolute Gasteiger partial charge is 0.492 e. The molecule has 1 aliphatic rings. The quantitative estimate of drug-likeness (QED) is 0.608. The normalized spacial score (nSPS) is 13.7. The van der Waals surface area contributed by atoms with Crippen molar-refractivity contribution in [2.45, 2.75) is 13.3 Å². The second-order valence-electron chi connectivity index (χ2n) is 7.41. The molecule has 0 bridgehead atoms. The van der Waals surface area contributed by atoms with Crippen molar-refractivity contribution in [3.05, 3.63) is 78.2 Å². The van der Waals surface area contributed by atoms with Crippen LogP contribution in [0.4, 0.5) is 10.6 Å². The molecule has 0 saturated carbocycles. The number of rotatable bonds is 6. The lowest BCUT2D eigenvalue weighted by atomic mass is 10.1. The summed E-state index contributed by atoms with van der Waals surface area (Å²) >= 11 is 0. The van der Waals surface area contributed by atoms with Gasteiger partial charge in [0.05, 0.1) is 12.8 Å². The highest BCUT2D eigenvalue weighted by atomic mass is 16.6. The Morgan fingerprint density at radius 2 is 1.77 bits per heavy atom. The van der Waals surface area contributed by atoms with Gasteiger partial charge >= 0.3 is 6.09 Å². The highest BCUT2D eigenvalue weighted by molar-refractivity contribution is 5.71. The van der Waals surface area contributed by atoms with Crippen molar-refractivity contribution in [1.29, 1.82) is 0 Å². The first-order valence-corrected chi connectivity index (χ1v) is 10.4. The number of piperazine rings is 1. The molecule has 3 heterocycles. The summed E-state index contributed by atoms with van der Waals surface area (Å²) in [6, 6.07) is 17.3. The van der Waals surface area contributed by atoms with Gasteiger partial charge in [-0.2, -0.15) is 0 Å². The van der Waals surface area contributed by atoms with Gasteiger partial charge in [0.2, 0.25) is 0 Å². The Morgan fingerprint density at radius 1 is 0.968 bits per heavy atom. The van der Waals surface area contributed by atoms with E-state index in [0.29, 0.717) is 25.4 Å². The minimum Gasteiger partial charge on any atom is -0.492 e. The molecule has 4 rings (SSSR count). The molecule has 7 nitrogen and oxygen atoms in total. The third kappa shape index (κ3) is 5.72. The van der Waals surface area contributed by atoms with Crippen LogP contribution in [0.25, 0.3) is 0 Å². The number of aryl methyl sites for hydroxylation is 1. The lowest BCUT2D eigenvalue weighted by Crippen LogP contribution is -2.49. The van der Waals surface area contributed by atoms with Crippen molar-refractivity contribution in [1.82, 2.24) is 14.9 Å². The van der Waals surface area contributed by atoms with Crippen LogP contribution in [0.5, 0.6) is 11.5 Å². The Hall–Kier alpha value is -3.61. The maximum absolute atomic E-state index is 12.5. The minimum atomic E-state index is -0.315. The smallest absolute Gasteiger partial charge is 0.415 e. The lowest BCUT2D eigenvalue weighted by Gasteiger charge is -2.34. The fourth-order valence-electron chi connectivity index (χ4n) is 3.43. The Morgan fingerprint density at radius 3 is 2.48 bits per heavy atom. The summed E-state index contributed by atoms with van der Waals surface area (Å²) in [7, 11) is 0. The first kappa shape index (κ1) is 20.7. The standard InChI is InChI=1S/C24H26N4O3/c1-19-4-2-6-23(26-19)27-13-15-28(16-14-27)24(29)31-21-9-7-20(8-10-21)11-17-30-22-5-3-12-25-18-22/h2-10,12,18H,11,13-17H2,1H3. The van der Waals surface area contributed by atoms with Crippen LogP contribution >= 0.6 is 0 Å². The molecule has 3 aromatic rings. The average Bonchev–Trinajstić information content (AvgIpc) is 2.81. The van der Waals surface area contributed by atoms with Crippen LogP contribution in [0.1, 0.15) is 11.3 Å². The Balaban J connectivity index is 1.22. The van der Waals surface area contributed by atoms with E-state index in [0.717, 1.165) is 42.3 Å². The summed E-state index contributed by atoms with van der Waals surface area (Å²) in [5.74, 6) is 2.26. The molecule has 1 saturated heterocycles. The van der Waals surface area contributed by atoms with Crippen molar-refractivity contribution in [2.24, 2.45) is 0 Å². The second-order valence-corrected chi connectivity index (χ2v) is 7.41. The van der Waals surface area contributed by atoms with Crippen molar-refractivity contribution in [3.8, 4) is 11.5 Å². The Bertz CT molecular complexity index is 987. The van der Waals surface area contributed by atoms with Crippen LogP contribution in [0.2, 0.25) is 0 Å². The lowest BCUT2D eigenvalue weighted by molar-refractivity contribution is 0.149. The molecule has 0 radical (unpaired) electrons. The summed E-state index contributed by atoms with van der Waals surface area (Å²) in [4.78, 5) is 25.0. The van der Waals surface area contributed by atoms with E-state index < -0.39 is 0 Å². The zero-order chi connectivity index (χ0) is 21.5. The maximum Gasteiger partial charge on any atom is 0.415 e. The molecule has 1 aromatic carbocycles. The zero-order valence-corrected chi connectivity index (χ0v) is 17.6. The first-order valence-electron chi connectivity index (χ1n) is 10.4. The fourth-order valence-corrected chi connectivity index (χ4v) is 3.43. The Kier molecular flexibility index (Phi) is 6.62. The SMILES string of the molecule is Cc1cccc(N2CCN(C(=O)Oc3ccc(CCOc4cccnc4)cc3)CC2)n1. The molecule has 0 atom stereocenters. The van der Waals surface area contributed by atoms with Gasteiger partial charge in [0.1, 0.15) is 17.3 Å². The van der Waals surface area contributed by atoms with E-state index in [1.807, 2.05) is 61.5 Å². The number of anilines is 1. The third-order valence-electron chi connectivity index (χ3n) is 5.16. The molecule has 0 N–H and O–H groups in total. The van der Waals surface area contributed by atoms with Crippen molar-refractivity contribution < 1.29 is 14.3 Å². The molecule has 1 fully saturated rings. The van der Waals surface area contributed by atoms with E-state index in [-0.39, 0.29) is 6.09 Å². The van der Waals surface area contributed by atoms with Crippen LogP contribution in [0, 0.1) is 6.92 Å². The summed E-state index contributed by atoms with van der Waals surface area (Å²) in [6.45, 7) is 5.24. The van der Waals surface area contributed by atoms with Gasteiger partial charge in [0, 0.05) is 44.5 Å². The molecule has 0 spiro atoms. The number of hydrogen-bond donors (Lipinski definition) is 0. The number of benzene rings is 1. The molecule has 31 heavy (non-hydrogen) atoms. The van der Waals surface area contributed by atoms with Gasteiger partial charge < -0.3 is 19.3 Å². The molecule has 2 aromatic heterocycles. The predicted octanol–water partition coefficient (Wildman–Crippen LogP) is 3.73. The van der Waals surface area contributed by atoms with Crippen molar-refractivity contribution >= 4 is 11.9 Å². The summed E-state index contributed by atoms with van der Waals surface area (Å²) in [5.41, 5.74) is 2.11. The van der Waals surface area contributed by atoms with Crippen LogP contribution in [0.15, 0.2) is 67.0 Å². The molecule has 1 amide bonds. The molecule has 1 aliphatic heterocycles. The van der Waals surface area contributed by atoms with E-state index in [2.05, 4.69) is 14.9 Å². The number of nitrogens with zero attached hydrogens (tertiary/aromatic N) is 4. The molecule has 7 heteroatoms. The van der Waals surface area contributed by atoms with Gasteiger partial charge in [-0.15, -0.1) is 0 Å². The van der Waals surface area contributed by atoms with E-state index >= 15 is 0 Å². The van der Waals surface area contributed by atoms with Gasteiger partial charge in [-0.05, 0) is 48.9 Å². The molecule has 0 aliphatic carbocycles. The summed E-state index contributed by atoms with van der Waals surface area (Å²) in [5, 5.41) is 0. The van der Waals surface area contributed by atoms with E-state index in [1.54, 1.807) is 17.3 Å². The third-order valence-corrected chi connectivity index (χ3v) is 5.16. The van der Waals surface area contributed by atoms with Gasteiger partial charge in [0.15, 0.2) is 0 Å². The monoisotopic (exact) mass is 418 g/mol. The number of aromatic nitrogens is 2. The van der Waals surface area contributed by atoms with Crippen LogP contribution < -0.4 is 14.4 Å². The van der Waals surface area contributed by atoms with E-state index in [9.17, 15) is 4.79 Å². The summed E-state index contributed by atoms with van der Waals surface area (Å²) in [6.07, 6.45) is 3.86. The fraction of sp³-hybridized carbons (Fsp3) is 0.292. The van der Waals surface area contributed by atoms with Gasteiger partial charge in [-0.1, -0.05) is 18.2 Å². The van der Waals surface area contributed by atoms with Gasteiger partial charge in [-0.25, -0.2) is 9.78 Å². The van der Waals surface area contributed by atoms with E-state index in [4.69, 9.17) is 9.47 Å². The molecular formula is C24H26N4O3. The van der Waals surface area contributed by atoms with Gasteiger partial charge in [-0.3, -0.25) is 4.98 Å². The highest BCUT2D eigenvalue weighted by Gasteiger charge is 2.23. The number of carbonyl (C=O) groups excluding carboxylic acids is 1. The van der Waals surface area contributed by atoms with Crippen molar-refractivity contribution in [2.75, 3.05) is 37.7 Å². The number of pyridine rings is 2. The van der Waals surface area contributed by atoms with E-state index in [1.165, 1.54) is 0 Å². The maximum atomic E-state index is 12.5. The number of hydrogen-bond acceptors (Lipinski definition) is 6. The minimum absolute atomic E-state index is 0.315. The number of amides is 1. The summed E-state index contributed by atoms with van der Waals surface area (Å²) < 4.78 is 11.2. The predicted molar refractivity (Wildman–Crippen MR) is 119 cm³/mol. The van der Waals surface area contributed by atoms with Crippen LogP contribution in [-0.4, -0.2) is 53.7 Å². The molecule has 160 valence electrons. The van der Waals surface area contributed by atoms with Gasteiger partial charge in [0.25, 0.3) is 0 Å². The Labute approximate surface area is 182 Å². The topological polar surface area (TPSA) is 67.8 Å². The molecular weight excluding hydrogens is 392 g/mol. The second kappa shape index (κ2) is 9.93. The van der Waals surface area contributed by atoms with Crippen molar-refractivity contribution in [3.63, 3.8) is 0 Å².